The van der Waals surface area contributed by atoms with Crippen LogP contribution in [0, 0.1) is 12.7 Å². The van der Waals surface area contributed by atoms with Gasteiger partial charge in [0.05, 0.1) is 11.4 Å². The summed E-state index contributed by atoms with van der Waals surface area (Å²) < 4.78 is 82.5. The van der Waals surface area contributed by atoms with Gasteiger partial charge in [0.1, 0.15) is 12.2 Å². The van der Waals surface area contributed by atoms with Crippen LogP contribution in [0.25, 0.3) is 0 Å². The molecule has 0 atom stereocenters. The van der Waals surface area contributed by atoms with E-state index in [0.29, 0.717) is 13.1 Å². The van der Waals surface area contributed by atoms with Crippen LogP contribution in [0.4, 0.5) is 28.9 Å². The fourth-order valence-corrected chi connectivity index (χ4v) is 5.32. The normalized spacial score (nSPS) is 15.0. The Labute approximate surface area is 190 Å². The number of amides is 1. The first-order valence-corrected chi connectivity index (χ1v) is 11.9. The number of benzene rings is 2. The highest BCUT2D eigenvalue weighted by molar-refractivity contribution is 7.92. The largest absolute Gasteiger partial charge is 0.407 e. The molecule has 0 bridgehead atoms. The second-order valence-corrected chi connectivity index (χ2v) is 9.81. The smallest absolute Gasteiger partial charge is 0.366 e. The molecule has 1 heterocycles. The molecule has 11 heteroatoms. The number of rotatable bonds is 6. The van der Waals surface area contributed by atoms with Crippen LogP contribution in [0.3, 0.4) is 0 Å². The Hall–Kier alpha value is -2.82. The number of sulfonamides is 1. The van der Waals surface area contributed by atoms with Crippen molar-refractivity contribution in [2.75, 3.05) is 41.9 Å². The lowest BCUT2D eigenvalue weighted by atomic mass is 10.1. The zero-order valence-corrected chi connectivity index (χ0v) is 19.1. The molecule has 3 rings (SSSR count). The molecular weight excluding hydrogens is 462 g/mol. The summed E-state index contributed by atoms with van der Waals surface area (Å²) in [6, 6.07) is 10.6. The van der Waals surface area contributed by atoms with Crippen molar-refractivity contribution in [3.8, 4) is 0 Å². The minimum Gasteiger partial charge on any atom is -0.366 e. The second-order valence-electron chi connectivity index (χ2n) is 7.92. The van der Waals surface area contributed by atoms with Crippen LogP contribution in [0.15, 0.2) is 42.5 Å². The monoisotopic (exact) mass is 487 g/mol. The summed E-state index contributed by atoms with van der Waals surface area (Å²) in [5.41, 5.74) is -0.269. The van der Waals surface area contributed by atoms with E-state index in [4.69, 9.17) is 0 Å². The lowest BCUT2D eigenvalue weighted by Crippen LogP contribution is -2.49. The van der Waals surface area contributed by atoms with Crippen molar-refractivity contribution < 1.29 is 30.8 Å². The van der Waals surface area contributed by atoms with Crippen LogP contribution in [0.5, 0.6) is 0 Å². The third-order valence-corrected chi connectivity index (χ3v) is 7.13. The maximum atomic E-state index is 15.4. The Morgan fingerprint density at radius 1 is 1.03 bits per heavy atom. The summed E-state index contributed by atoms with van der Waals surface area (Å²) in [6.07, 6.45) is -4.90. The number of anilines is 2. The van der Waals surface area contributed by atoms with Gasteiger partial charge in [0, 0.05) is 33.1 Å². The van der Waals surface area contributed by atoms with Gasteiger partial charge in [-0.1, -0.05) is 36.4 Å². The van der Waals surface area contributed by atoms with Crippen molar-refractivity contribution in [1.29, 1.82) is 0 Å². The first-order chi connectivity index (χ1) is 15.4. The van der Waals surface area contributed by atoms with Gasteiger partial charge in [-0.2, -0.15) is 13.2 Å². The summed E-state index contributed by atoms with van der Waals surface area (Å²) in [5, 5.41) is 0. The predicted molar refractivity (Wildman–Crippen MR) is 118 cm³/mol. The van der Waals surface area contributed by atoms with Crippen LogP contribution in [0.1, 0.15) is 18.1 Å². The van der Waals surface area contributed by atoms with E-state index in [2.05, 4.69) is 0 Å². The Morgan fingerprint density at radius 2 is 1.64 bits per heavy atom. The van der Waals surface area contributed by atoms with Gasteiger partial charge in [0.2, 0.25) is 15.9 Å². The van der Waals surface area contributed by atoms with Crippen LogP contribution < -0.4 is 9.21 Å². The SMILES string of the molecule is CC(=O)N1CCN(c2ccc(C)c(F)c2N(CC(F)(F)F)S(=O)(=O)Cc2ccccc2)CC1. The Balaban J connectivity index is 2.08. The Bertz CT molecular complexity index is 1100. The number of alkyl halides is 3. The fourth-order valence-electron chi connectivity index (χ4n) is 3.75. The first-order valence-electron chi connectivity index (χ1n) is 10.3. The predicted octanol–water partition coefficient (Wildman–Crippen LogP) is 3.70. The Morgan fingerprint density at radius 3 is 2.18 bits per heavy atom. The zero-order chi connectivity index (χ0) is 24.4. The quantitative estimate of drug-likeness (QED) is 0.583. The molecule has 180 valence electrons. The topological polar surface area (TPSA) is 60.9 Å². The number of carbonyl (C=O) groups excluding carboxylic acids is 1. The third-order valence-electron chi connectivity index (χ3n) is 5.45. The molecule has 0 radical (unpaired) electrons. The van der Waals surface area contributed by atoms with Crippen LogP contribution in [-0.2, 0) is 20.6 Å². The number of piperazine rings is 1. The lowest BCUT2D eigenvalue weighted by molar-refractivity contribution is -0.129. The molecule has 0 saturated carbocycles. The van der Waals surface area contributed by atoms with Gasteiger partial charge >= 0.3 is 6.18 Å². The molecule has 6 nitrogen and oxygen atoms in total. The van der Waals surface area contributed by atoms with Gasteiger partial charge in [0.25, 0.3) is 0 Å². The zero-order valence-electron chi connectivity index (χ0n) is 18.3. The number of carbonyl (C=O) groups is 1. The molecule has 1 aliphatic rings. The van der Waals surface area contributed by atoms with Gasteiger partial charge in [0.15, 0.2) is 5.82 Å². The first kappa shape index (κ1) is 24.8. The summed E-state index contributed by atoms with van der Waals surface area (Å²) in [4.78, 5) is 14.8. The van der Waals surface area contributed by atoms with E-state index in [9.17, 15) is 26.4 Å². The molecule has 1 aliphatic heterocycles. The van der Waals surface area contributed by atoms with Crippen molar-refractivity contribution in [2.45, 2.75) is 25.8 Å². The van der Waals surface area contributed by atoms with Crippen molar-refractivity contribution in [3.05, 3.63) is 59.4 Å². The maximum absolute atomic E-state index is 15.4. The Kier molecular flexibility index (Phi) is 7.20. The molecule has 2 aromatic rings. The van der Waals surface area contributed by atoms with E-state index in [1.807, 2.05) is 0 Å². The fraction of sp³-hybridized carbons (Fsp3) is 0.409. The van der Waals surface area contributed by atoms with E-state index >= 15 is 4.39 Å². The number of aryl methyl sites for hydroxylation is 1. The molecule has 1 fully saturated rings. The van der Waals surface area contributed by atoms with Crippen molar-refractivity contribution in [1.82, 2.24) is 4.90 Å². The molecule has 2 aromatic carbocycles. The summed E-state index contributed by atoms with van der Waals surface area (Å²) in [6.45, 7) is 1.96. The molecular formula is C22H25F4N3O3S. The highest BCUT2D eigenvalue weighted by Gasteiger charge is 2.40. The molecule has 0 N–H and O–H groups in total. The standard InChI is InChI=1S/C22H25F4N3O3S/c1-16-8-9-19(28-12-10-27(11-13-28)17(2)30)21(20(16)23)29(15-22(24,25)26)33(31,32)14-18-6-4-3-5-7-18/h3-9H,10-15H2,1-2H3. The summed E-state index contributed by atoms with van der Waals surface area (Å²) in [5.74, 6) is -1.88. The minimum absolute atomic E-state index is 0.0261. The molecule has 0 aromatic heterocycles. The summed E-state index contributed by atoms with van der Waals surface area (Å²) in [7, 11) is -4.60. The number of nitrogens with zero attached hydrogens (tertiary/aromatic N) is 3. The molecule has 1 saturated heterocycles. The van der Waals surface area contributed by atoms with E-state index in [-0.39, 0.29) is 40.1 Å². The van der Waals surface area contributed by atoms with Gasteiger partial charge in [-0.05, 0) is 24.1 Å². The average molecular weight is 488 g/mol. The maximum Gasteiger partial charge on any atom is 0.407 e. The minimum atomic E-state index is -4.90. The lowest BCUT2D eigenvalue weighted by Gasteiger charge is -2.38. The van der Waals surface area contributed by atoms with E-state index in [1.165, 1.54) is 38.1 Å². The number of halogens is 4. The van der Waals surface area contributed by atoms with Gasteiger partial charge in [-0.3, -0.25) is 9.10 Å². The highest BCUT2D eigenvalue weighted by Crippen LogP contribution is 2.38. The van der Waals surface area contributed by atoms with E-state index < -0.39 is 40.0 Å². The molecule has 33 heavy (non-hydrogen) atoms. The van der Waals surface area contributed by atoms with E-state index in [0.717, 1.165) is 0 Å². The van der Waals surface area contributed by atoms with Gasteiger partial charge in [-0.15, -0.1) is 0 Å². The van der Waals surface area contributed by atoms with Crippen LogP contribution in [0.2, 0.25) is 0 Å². The molecule has 0 aliphatic carbocycles. The van der Waals surface area contributed by atoms with Crippen molar-refractivity contribution >= 4 is 27.3 Å². The average Bonchev–Trinajstić information content (AvgIpc) is 2.74. The number of hydrogen-bond acceptors (Lipinski definition) is 4. The highest BCUT2D eigenvalue weighted by atomic mass is 32.2. The second kappa shape index (κ2) is 9.58. The molecule has 0 unspecified atom stereocenters. The third kappa shape index (κ3) is 5.95. The van der Waals surface area contributed by atoms with Crippen molar-refractivity contribution in [2.24, 2.45) is 0 Å². The van der Waals surface area contributed by atoms with Gasteiger partial charge < -0.3 is 9.80 Å². The summed E-state index contributed by atoms with van der Waals surface area (Å²) >= 11 is 0. The molecule has 1 amide bonds. The van der Waals surface area contributed by atoms with Crippen molar-refractivity contribution in [3.63, 3.8) is 0 Å². The van der Waals surface area contributed by atoms with Crippen LogP contribution in [-0.4, -0.2) is 58.1 Å². The number of hydrogen-bond donors (Lipinski definition) is 0. The van der Waals surface area contributed by atoms with Crippen LogP contribution >= 0.6 is 0 Å². The molecule has 0 spiro atoms. The van der Waals surface area contributed by atoms with E-state index in [1.54, 1.807) is 28.0 Å². The van der Waals surface area contributed by atoms with Gasteiger partial charge in [-0.25, -0.2) is 12.8 Å².